The summed E-state index contributed by atoms with van der Waals surface area (Å²) in [6.45, 7) is 4.20. The number of ether oxygens (including phenoxy) is 1. The number of rotatable bonds is 3. The van der Waals surface area contributed by atoms with Crippen LogP contribution in [-0.4, -0.2) is 5.44 Å². The Morgan fingerprint density at radius 1 is 1.10 bits per heavy atom. The van der Waals surface area contributed by atoms with Gasteiger partial charge in [-0.15, -0.1) is 5.92 Å². The Morgan fingerprint density at radius 3 is 2.40 bits per heavy atom. The molecule has 1 aliphatic carbocycles. The third kappa shape index (κ3) is 5.05. The molecule has 0 amide bonds. The summed E-state index contributed by atoms with van der Waals surface area (Å²) >= 11 is 1.86. The second kappa shape index (κ2) is 9.02. The zero-order valence-corrected chi connectivity index (χ0v) is 19.8. The molecule has 0 radical (unpaired) electrons. The van der Waals surface area contributed by atoms with E-state index in [0.717, 1.165) is 12.3 Å². The monoisotopic (exact) mass is 408 g/mol. The SMILES string of the molecule is C[C@H]1[CH-]OC(Sc2ccc(C3CCCCC3)cc2)C1.[Cs+]. The van der Waals surface area contributed by atoms with Crippen molar-refractivity contribution in [3.63, 3.8) is 0 Å². The third-order valence-corrected chi connectivity index (χ3v) is 5.36. The van der Waals surface area contributed by atoms with Crippen LogP contribution < -0.4 is 68.9 Å². The molecule has 2 atom stereocenters. The Morgan fingerprint density at radius 2 is 1.80 bits per heavy atom. The maximum atomic E-state index is 5.65. The van der Waals surface area contributed by atoms with Crippen molar-refractivity contribution in [1.29, 1.82) is 0 Å². The maximum Gasteiger partial charge on any atom is 1.00 e. The van der Waals surface area contributed by atoms with E-state index >= 15 is 0 Å². The van der Waals surface area contributed by atoms with E-state index in [4.69, 9.17) is 4.74 Å². The van der Waals surface area contributed by atoms with Gasteiger partial charge >= 0.3 is 68.9 Å². The molecule has 1 aromatic rings. The summed E-state index contributed by atoms with van der Waals surface area (Å²) in [5, 5.41) is 0. The average molecular weight is 408 g/mol. The van der Waals surface area contributed by atoms with E-state index in [0.29, 0.717) is 11.4 Å². The first-order valence-electron chi connectivity index (χ1n) is 7.56. The van der Waals surface area contributed by atoms with Crippen LogP contribution in [-0.2, 0) is 4.74 Å². The van der Waals surface area contributed by atoms with Crippen molar-refractivity contribution in [2.75, 3.05) is 0 Å². The van der Waals surface area contributed by atoms with Crippen LogP contribution in [0.25, 0.3) is 0 Å². The Bertz CT molecular complexity index is 400. The van der Waals surface area contributed by atoms with Gasteiger partial charge in [0.2, 0.25) is 0 Å². The topological polar surface area (TPSA) is 9.23 Å². The van der Waals surface area contributed by atoms with Crippen molar-refractivity contribution in [3.05, 3.63) is 36.4 Å². The Balaban J connectivity index is 0.00000147. The summed E-state index contributed by atoms with van der Waals surface area (Å²) in [4.78, 5) is 1.34. The van der Waals surface area contributed by atoms with Gasteiger partial charge in [0.1, 0.15) is 0 Å². The van der Waals surface area contributed by atoms with E-state index in [2.05, 4.69) is 31.2 Å². The van der Waals surface area contributed by atoms with E-state index in [1.807, 2.05) is 18.4 Å². The summed E-state index contributed by atoms with van der Waals surface area (Å²) < 4.78 is 5.65. The molecule has 1 unspecified atom stereocenters. The molecule has 1 saturated carbocycles. The minimum atomic E-state index is 0. The molecule has 0 bridgehead atoms. The molecular formula is C17H23CsOS. The van der Waals surface area contributed by atoms with Crippen LogP contribution in [0.1, 0.15) is 56.9 Å². The van der Waals surface area contributed by atoms with Gasteiger partial charge in [0, 0.05) is 4.90 Å². The van der Waals surface area contributed by atoms with Crippen LogP contribution in [0.3, 0.4) is 0 Å². The van der Waals surface area contributed by atoms with Gasteiger partial charge in [-0.25, -0.2) is 6.61 Å². The molecular weight excluding hydrogens is 385 g/mol. The summed E-state index contributed by atoms with van der Waals surface area (Å²) in [5.74, 6) is 1.41. The number of benzene rings is 1. The van der Waals surface area contributed by atoms with Gasteiger partial charge in [-0.05, 0) is 42.9 Å². The van der Waals surface area contributed by atoms with Crippen molar-refractivity contribution in [1.82, 2.24) is 0 Å². The number of hydrogen-bond acceptors (Lipinski definition) is 2. The first-order valence-corrected chi connectivity index (χ1v) is 8.44. The first-order chi connectivity index (χ1) is 9.31. The van der Waals surface area contributed by atoms with Gasteiger partial charge in [-0.2, -0.15) is 0 Å². The zero-order valence-electron chi connectivity index (χ0n) is 12.7. The smallest absolute Gasteiger partial charge is 0.542 e. The summed E-state index contributed by atoms with van der Waals surface area (Å²) in [6.07, 6.45) is 8.14. The van der Waals surface area contributed by atoms with Gasteiger partial charge in [-0.3, -0.25) is 0 Å². The Kier molecular flexibility index (Phi) is 8.08. The van der Waals surface area contributed by atoms with Crippen LogP contribution in [0.4, 0.5) is 0 Å². The predicted molar refractivity (Wildman–Crippen MR) is 81.1 cm³/mol. The second-order valence-corrected chi connectivity index (χ2v) is 7.17. The summed E-state index contributed by atoms with van der Waals surface area (Å²) in [5.41, 5.74) is 1.85. The van der Waals surface area contributed by atoms with E-state index < -0.39 is 0 Å². The van der Waals surface area contributed by atoms with E-state index in [-0.39, 0.29) is 68.9 Å². The Hall–Kier alpha value is 1.58. The van der Waals surface area contributed by atoms with Gasteiger partial charge in [-0.1, -0.05) is 50.1 Å². The van der Waals surface area contributed by atoms with Gasteiger partial charge in [0.15, 0.2) is 0 Å². The molecule has 0 N–H and O–H groups in total. The minimum Gasteiger partial charge on any atom is -0.542 e. The quantitative estimate of drug-likeness (QED) is 0.711. The van der Waals surface area contributed by atoms with Gasteiger partial charge < -0.3 is 4.74 Å². The molecule has 20 heavy (non-hydrogen) atoms. The molecule has 0 aromatic heterocycles. The fourth-order valence-electron chi connectivity index (χ4n) is 3.12. The van der Waals surface area contributed by atoms with Crippen LogP contribution in [0.2, 0.25) is 0 Å². The molecule has 2 aliphatic rings. The van der Waals surface area contributed by atoms with Gasteiger partial charge in [0.05, 0.1) is 5.44 Å². The fraction of sp³-hybridized carbons (Fsp3) is 0.588. The molecule has 1 saturated heterocycles. The minimum absolute atomic E-state index is 0. The van der Waals surface area contributed by atoms with E-state index in [1.54, 1.807) is 0 Å². The van der Waals surface area contributed by atoms with Crippen LogP contribution in [0, 0.1) is 12.5 Å². The molecule has 104 valence electrons. The van der Waals surface area contributed by atoms with Crippen molar-refractivity contribution in [3.8, 4) is 0 Å². The Labute approximate surface area is 186 Å². The van der Waals surface area contributed by atoms with E-state index in [1.165, 1.54) is 42.6 Å². The van der Waals surface area contributed by atoms with Crippen molar-refractivity contribution in [2.45, 2.75) is 61.7 Å². The average Bonchev–Trinajstić information content (AvgIpc) is 2.86. The largest absolute Gasteiger partial charge is 1.00 e. The van der Waals surface area contributed by atoms with Crippen LogP contribution in [0.15, 0.2) is 29.2 Å². The molecule has 3 rings (SSSR count). The zero-order chi connectivity index (χ0) is 13.1. The van der Waals surface area contributed by atoms with Crippen LogP contribution in [0.5, 0.6) is 0 Å². The summed E-state index contributed by atoms with van der Waals surface area (Å²) in [6, 6.07) is 9.22. The number of thioether (sulfide) groups is 1. The van der Waals surface area contributed by atoms with Crippen LogP contribution >= 0.6 is 11.8 Å². The molecule has 1 heterocycles. The summed E-state index contributed by atoms with van der Waals surface area (Å²) in [7, 11) is 0. The first kappa shape index (κ1) is 17.9. The maximum absolute atomic E-state index is 5.65. The third-order valence-electron chi connectivity index (χ3n) is 4.25. The molecule has 1 aliphatic heterocycles. The molecule has 1 nitrogen and oxygen atoms in total. The molecule has 0 spiro atoms. The second-order valence-electron chi connectivity index (χ2n) is 5.94. The molecule has 1 aromatic carbocycles. The number of hydrogen-bond donors (Lipinski definition) is 0. The van der Waals surface area contributed by atoms with E-state index in [9.17, 15) is 0 Å². The van der Waals surface area contributed by atoms with Gasteiger partial charge in [0.25, 0.3) is 0 Å². The van der Waals surface area contributed by atoms with Crippen molar-refractivity contribution in [2.24, 2.45) is 5.92 Å². The predicted octanol–water partition coefficient (Wildman–Crippen LogP) is 2.37. The normalized spacial score (nSPS) is 27.2. The molecule has 2 fully saturated rings. The standard InChI is InChI=1S/C17H23OS.Cs/c1-13-11-17(18-12-13)19-16-9-7-15(8-10-16)14-5-3-2-4-6-14;/h7-10,12-14,17H,2-6,11H2,1H3;/q-1;+1/t13-,17?;/m1./s1. The fourth-order valence-corrected chi connectivity index (χ4v) is 4.23. The molecule has 3 heteroatoms. The van der Waals surface area contributed by atoms with Crippen molar-refractivity contribution >= 4 is 11.8 Å². The van der Waals surface area contributed by atoms with Crippen molar-refractivity contribution < 1.29 is 73.6 Å².